The summed E-state index contributed by atoms with van der Waals surface area (Å²) in [5, 5.41) is 22.8. The highest BCUT2D eigenvalue weighted by Gasteiger charge is 2.60. The van der Waals surface area contributed by atoms with Gasteiger partial charge >= 0.3 is 5.97 Å². The van der Waals surface area contributed by atoms with Gasteiger partial charge in [0, 0.05) is 18.8 Å². The van der Waals surface area contributed by atoms with Crippen molar-refractivity contribution in [2.45, 2.75) is 102 Å². The lowest BCUT2D eigenvalue weighted by Crippen LogP contribution is -2.58. The molecule has 0 saturated carbocycles. The summed E-state index contributed by atoms with van der Waals surface area (Å²) in [6.45, 7) is 10.3. The molecule has 7 nitrogen and oxygen atoms in total. The van der Waals surface area contributed by atoms with Crippen molar-refractivity contribution in [1.82, 2.24) is 0 Å². The molecular formula is C31H42O7. The molecule has 7 heteroatoms. The van der Waals surface area contributed by atoms with Crippen LogP contribution in [0.2, 0.25) is 0 Å². The fourth-order valence-corrected chi connectivity index (χ4v) is 6.47. The third-order valence-corrected chi connectivity index (χ3v) is 8.85. The van der Waals surface area contributed by atoms with Gasteiger partial charge in [-0.1, -0.05) is 55.9 Å². The predicted molar refractivity (Wildman–Crippen MR) is 143 cm³/mol. The molecule has 5 aliphatic rings. The number of fused-ring (bicyclic) bond motifs is 2. The molecule has 4 heterocycles. The Hall–Kier alpha value is -2.03. The summed E-state index contributed by atoms with van der Waals surface area (Å²) < 4.78 is 25.0. The van der Waals surface area contributed by atoms with E-state index in [2.05, 4.69) is 39.0 Å². The minimum absolute atomic E-state index is 0.0342. The first-order valence-electron chi connectivity index (χ1n) is 14.0. The largest absolute Gasteiger partial charge is 0.462 e. The molecule has 10 atom stereocenters. The smallest absolute Gasteiger partial charge is 0.316 e. The summed E-state index contributed by atoms with van der Waals surface area (Å²) in [5.74, 6) is -1.95. The second kappa shape index (κ2) is 10.5. The van der Waals surface area contributed by atoms with Crippen LogP contribution in [0, 0.1) is 17.8 Å². The van der Waals surface area contributed by atoms with E-state index in [0.29, 0.717) is 30.4 Å². The lowest BCUT2D eigenvalue weighted by atomic mass is 9.71. The number of aliphatic hydroxyl groups is 2. The van der Waals surface area contributed by atoms with Gasteiger partial charge < -0.3 is 29.2 Å². The van der Waals surface area contributed by atoms with Gasteiger partial charge in [0.1, 0.15) is 29.8 Å². The Morgan fingerprint density at radius 3 is 2.63 bits per heavy atom. The van der Waals surface area contributed by atoms with Crippen molar-refractivity contribution >= 4 is 5.97 Å². The molecule has 0 aromatic rings. The van der Waals surface area contributed by atoms with Crippen LogP contribution in [0.1, 0.15) is 60.3 Å². The molecule has 2 N–H and O–H groups in total. The number of allylic oxidation sites excluding steroid dienone is 4. The number of carbonyl (C=O) groups is 1. The van der Waals surface area contributed by atoms with E-state index in [-0.39, 0.29) is 30.7 Å². The number of ether oxygens (including phenoxy) is 4. The quantitative estimate of drug-likeness (QED) is 0.359. The van der Waals surface area contributed by atoms with Gasteiger partial charge in [-0.3, -0.25) is 4.79 Å². The first kappa shape index (κ1) is 27.5. The van der Waals surface area contributed by atoms with Crippen LogP contribution in [0.25, 0.3) is 0 Å². The van der Waals surface area contributed by atoms with Crippen LogP contribution >= 0.6 is 0 Å². The van der Waals surface area contributed by atoms with Crippen molar-refractivity contribution in [3.05, 3.63) is 59.3 Å². The van der Waals surface area contributed by atoms with E-state index in [1.165, 1.54) is 5.57 Å². The van der Waals surface area contributed by atoms with E-state index in [1.54, 1.807) is 13.0 Å². The second-order valence-corrected chi connectivity index (χ2v) is 12.0. The van der Waals surface area contributed by atoms with Crippen LogP contribution in [0.15, 0.2) is 59.3 Å². The first-order chi connectivity index (χ1) is 18.0. The maximum absolute atomic E-state index is 13.8. The number of esters is 1. The van der Waals surface area contributed by atoms with Gasteiger partial charge in [-0.2, -0.15) is 0 Å². The lowest BCUT2D eigenvalue weighted by molar-refractivity contribution is -0.291. The summed E-state index contributed by atoms with van der Waals surface area (Å²) in [4.78, 5) is 13.8. The minimum atomic E-state index is -1.69. The third-order valence-electron chi connectivity index (χ3n) is 8.85. The molecule has 1 spiro atoms. The maximum atomic E-state index is 13.8. The van der Waals surface area contributed by atoms with Crippen LogP contribution in [0.3, 0.4) is 0 Å². The van der Waals surface area contributed by atoms with Gasteiger partial charge in [0.25, 0.3) is 0 Å². The number of hydrogen-bond donors (Lipinski definition) is 2. The molecule has 38 heavy (non-hydrogen) atoms. The highest BCUT2D eigenvalue weighted by molar-refractivity contribution is 5.78. The Morgan fingerprint density at radius 1 is 1.08 bits per heavy atom. The molecule has 5 rings (SSSR count). The molecule has 208 valence electrons. The van der Waals surface area contributed by atoms with Crippen molar-refractivity contribution in [3.63, 3.8) is 0 Å². The molecule has 0 aromatic heterocycles. The van der Waals surface area contributed by atoms with E-state index in [4.69, 9.17) is 18.9 Å². The fraction of sp³-hybridized carbons (Fsp3) is 0.645. The standard InChI is InChI=1S/C31H42O7/c1-18-7-6-8-23-17-35-28-27(32)21(4)14-26(31(23,28)34)29(33)36-25-15-24(10-9-19(2)13-18)38-30(16-25)12-11-20(3)22(5)37-30/h6-9,11-12,14,18,20,22,24-28,32,34H,10,13,15-17H2,1-5H3/t18-,20-,22+,24+,25-,26-,27?,28+,30-,31+/m0/s1. The van der Waals surface area contributed by atoms with E-state index in [0.717, 1.165) is 6.42 Å². The van der Waals surface area contributed by atoms with Crippen LogP contribution in [0.4, 0.5) is 0 Å². The van der Waals surface area contributed by atoms with Gasteiger partial charge in [0.15, 0.2) is 5.79 Å². The van der Waals surface area contributed by atoms with Crippen molar-refractivity contribution < 1.29 is 34.0 Å². The zero-order chi connectivity index (χ0) is 27.2. The molecule has 4 aliphatic heterocycles. The Kier molecular flexibility index (Phi) is 7.61. The highest BCUT2D eigenvalue weighted by atomic mass is 16.7. The Morgan fingerprint density at radius 2 is 1.87 bits per heavy atom. The monoisotopic (exact) mass is 526 g/mol. The summed E-state index contributed by atoms with van der Waals surface area (Å²) in [5.41, 5.74) is 0.728. The van der Waals surface area contributed by atoms with E-state index in [9.17, 15) is 15.0 Å². The zero-order valence-electron chi connectivity index (χ0n) is 23.1. The summed E-state index contributed by atoms with van der Waals surface area (Å²) in [6, 6.07) is 0. The molecule has 1 unspecified atom stereocenters. The molecule has 2 saturated heterocycles. The predicted octanol–water partition coefficient (Wildman–Crippen LogP) is 4.31. The van der Waals surface area contributed by atoms with Gasteiger partial charge in [0.2, 0.25) is 0 Å². The van der Waals surface area contributed by atoms with Gasteiger partial charge in [-0.25, -0.2) is 0 Å². The molecule has 1 aliphatic carbocycles. The molecule has 2 fully saturated rings. The van der Waals surface area contributed by atoms with Gasteiger partial charge in [-0.15, -0.1) is 0 Å². The number of hydrogen-bond acceptors (Lipinski definition) is 7. The summed E-state index contributed by atoms with van der Waals surface area (Å²) in [7, 11) is 0. The van der Waals surface area contributed by atoms with E-state index < -0.39 is 41.6 Å². The third kappa shape index (κ3) is 5.11. The highest BCUT2D eigenvalue weighted by Crippen LogP contribution is 2.46. The topological polar surface area (TPSA) is 94.5 Å². The number of carbonyl (C=O) groups excluding carboxylic acids is 1. The fourth-order valence-electron chi connectivity index (χ4n) is 6.47. The van der Waals surface area contributed by atoms with Crippen LogP contribution in [-0.2, 0) is 23.7 Å². The summed E-state index contributed by atoms with van der Waals surface area (Å²) >= 11 is 0. The van der Waals surface area contributed by atoms with Gasteiger partial charge in [0.05, 0.1) is 18.8 Å². The Balaban J connectivity index is 1.53. The zero-order valence-corrected chi connectivity index (χ0v) is 23.1. The van der Waals surface area contributed by atoms with Crippen LogP contribution in [0.5, 0.6) is 0 Å². The van der Waals surface area contributed by atoms with E-state index in [1.807, 2.05) is 25.2 Å². The van der Waals surface area contributed by atoms with Crippen LogP contribution in [-0.4, -0.2) is 64.7 Å². The normalized spacial score (nSPS) is 45.7. The Bertz CT molecular complexity index is 1090. The molecular weight excluding hydrogens is 484 g/mol. The molecule has 0 amide bonds. The van der Waals surface area contributed by atoms with Crippen LogP contribution < -0.4 is 0 Å². The SMILES string of the molecule is CC1=CC[C@@H]2C[C@@H](C[C@]3(C=C[C@H](C)[C@@H](C)O3)O2)OC(=O)[C@@H]2C=C(C)C(O)[C@H]3OCC(=CC=C[C@H](C)C1)[C@]32O. The van der Waals surface area contributed by atoms with Crippen molar-refractivity contribution in [3.8, 4) is 0 Å². The van der Waals surface area contributed by atoms with Crippen molar-refractivity contribution in [2.24, 2.45) is 17.8 Å². The number of rotatable bonds is 0. The van der Waals surface area contributed by atoms with Crippen molar-refractivity contribution in [1.29, 1.82) is 0 Å². The van der Waals surface area contributed by atoms with E-state index >= 15 is 0 Å². The average Bonchev–Trinajstić information content (AvgIpc) is 3.19. The molecule has 0 aromatic carbocycles. The lowest BCUT2D eigenvalue weighted by Gasteiger charge is -2.46. The van der Waals surface area contributed by atoms with Gasteiger partial charge in [-0.05, 0) is 56.8 Å². The summed E-state index contributed by atoms with van der Waals surface area (Å²) in [6.07, 6.45) is 13.7. The average molecular weight is 527 g/mol. The minimum Gasteiger partial charge on any atom is -0.462 e. The number of aliphatic hydroxyl groups excluding tert-OH is 1. The molecule has 2 bridgehead atoms. The molecule has 0 radical (unpaired) electrons. The first-order valence-corrected chi connectivity index (χ1v) is 14.0. The maximum Gasteiger partial charge on any atom is 0.316 e. The van der Waals surface area contributed by atoms with Crippen molar-refractivity contribution in [2.75, 3.05) is 6.61 Å². The Labute approximate surface area is 225 Å². The second-order valence-electron chi connectivity index (χ2n) is 12.0.